The number of thiol groups is 1. The van der Waals surface area contributed by atoms with E-state index in [4.69, 9.17) is 22.4 Å². The second kappa shape index (κ2) is 7.77. The monoisotopic (exact) mass is 448 g/mol. The molecule has 0 bridgehead atoms. The first-order chi connectivity index (χ1) is 13.2. The van der Waals surface area contributed by atoms with Crippen molar-refractivity contribution in [3.05, 3.63) is 34.9 Å². The molecule has 0 unspecified atom stereocenters. The van der Waals surface area contributed by atoms with Crippen LogP contribution in [0.3, 0.4) is 0 Å². The van der Waals surface area contributed by atoms with Crippen LogP contribution in [-0.2, 0) is 21.7 Å². The summed E-state index contributed by atoms with van der Waals surface area (Å²) in [7, 11) is 0. The van der Waals surface area contributed by atoms with E-state index in [-0.39, 0.29) is 27.8 Å². The highest BCUT2D eigenvalue weighted by molar-refractivity contribution is 8.11. The molecule has 2 aromatic heterocycles. The molecule has 0 aliphatic rings. The van der Waals surface area contributed by atoms with Gasteiger partial charge in [-0.3, -0.25) is 0 Å². The standard InChI is InChI=1S/C24H40N4S2/c1-21(2,3)15-13-17(23(7,8)9)27(25-15)19(20(29)30)28-18(24(10,11)12)14-16(26-28)22(4,5)6/h13-14,19H,1-12H3,(H,29,30). The SMILES string of the molecule is CC(C)(C)c1cc(C(C)(C)C)n(C(C(=S)S)n2nc(C(C)(C)C)cc2C(C)(C)C)n1. The average molecular weight is 449 g/mol. The lowest BCUT2D eigenvalue weighted by molar-refractivity contribution is 0.375. The molecule has 2 rings (SSSR count). The molecule has 2 heterocycles. The van der Waals surface area contributed by atoms with Crippen molar-refractivity contribution >= 4 is 29.0 Å². The van der Waals surface area contributed by atoms with E-state index in [2.05, 4.69) is 108 Å². The molecule has 6 heteroatoms. The number of hydrogen-bond donors (Lipinski definition) is 1. The van der Waals surface area contributed by atoms with Crippen LogP contribution in [0.5, 0.6) is 0 Å². The molecule has 0 saturated heterocycles. The van der Waals surface area contributed by atoms with Gasteiger partial charge in [0.05, 0.1) is 15.6 Å². The van der Waals surface area contributed by atoms with Gasteiger partial charge in [-0.2, -0.15) is 10.2 Å². The largest absolute Gasteiger partial charge is 0.238 e. The van der Waals surface area contributed by atoms with Crippen molar-refractivity contribution in [2.45, 2.75) is 111 Å². The van der Waals surface area contributed by atoms with Crippen molar-refractivity contribution in [3.63, 3.8) is 0 Å². The molecule has 30 heavy (non-hydrogen) atoms. The minimum Gasteiger partial charge on any atom is -0.238 e. The van der Waals surface area contributed by atoms with Crippen LogP contribution in [0, 0.1) is 0 Å². The van der Waals surface area contributed by atoms with Crippen LogP contribution < -0.4 is 0 Å². The maximum atomic E-state index is 5.69. The predicted molar refractivity (Wildman–Crippen MR) is 135 cm³/mol. The van der Waals surface area contributed by atoms with Gasteiger partial charge in [-0.25, -0.2) is 9.36 Å². The topological polar surface area (TPSA) is 35.6 Å². The highest BCUT2D eigenvalue weighted by atomic mass is 32.1. The summed E-state index contributed by atoms with van der Waals surface area (Å²) in [5, 5.41) is 10.1. The van der Waals surface area contributed by atoms with E-state index < -0.39 is 0 Å². The summed E-state index contributed by atoms with van der Waals surface area (Å²) >= 11 is 10.4. The molecule has 0 saturated carbocycles. The van der Waals surface area contributed by atoms with Crippen molar-refractivity contribution in [1.82, 2.24) is 19.6 Å². The van der Waals surface area contributed by atoms with E-state index >= 15 is 0 Å². The summed E-state index contributed by atoms with van der Waals surface area (Å²) in [5.41, 5.74) is 4.00. The third-order valence-corrected chi connectivity index (χ3v) is 5.67. The van der Waals surface area contributed by atoms with Gasteiger partial charge >= 0.3 is 0 Å². The molecule has 0 aliphatic heterocycles. The second-order valence-electron chi connectivity index (χ2n) is 12.4. The number of nitrogens with zero attached hydrogens (tertiary/aromatic N) is 4. The molecule has 0 spiro atoms. The normalized spacial score (nSPS) is 13.9. The third kappa shape index (κ3) is 5.18. The molecule has 168 valence electrons. The zero-order valence-electron chi connectivity index (χ0n) is 20.9. The maximum Gasteiger partial charge on any atom is 0.184 e. The van der Waals surface area contributed by atoms with E-state index in [0.29, 0.717) is 4.20 Å². The molecule has 2 aromatic rings. The number of thiocarbonyl (C=S) groups is 1. The van der Waals surface area contributed by atoms with Crippen LogP contribution >= 0.6 is 24.8 Å². The van der Waals surface area contributed by atoms with E-state index in [0.717, 1.165) is 22.8 Å². The molecular formula is C24H40N4S2. The zero-order valence-corrected chi connectivity index (χ0v) is 22.6. The predicted octanol–water partition coefficient (Wildman–Crippen LogP) is 6.57. The highest BCUT2D eigenvalue weighted by Crippen LogP contribution is 2.35. The smallest absolute Gasteiger partial charge is 0.184 e. The van der Waals surface area contributed by atoms with Crippen LogP contribution in [0.2, 0.25) is 0 Å². The molecule has 0 aliphatic carbocycles. The molecular weight excluding hydrogens is 408 g/mol. The molecule has 0 atom stereocenters. The van der Waals surface area contributed by atoms with Crippen molar-refractivity contribution in [2.75, 3.05) is 0 Å². The Kier molecular flexibility index (Phi) is 6.51. The first kappa shape index (κ1) is 25.1. The fourth-order valence-corrected chi connectivity index (χ4v) is 3.75. The summed E-state index contributed by atoms with van der Waals surface area (Å²) in [6.45, 7) is 26.4. The minimum atomic E-state index is -0.376. The first-order valence-electron chi connectivity index (χ1n) is 10.7. The average Bonchev–Trinajstić information content (AvgIpc) is 3.09. The van der Waals surface area contributed by atoms with Crippen LogP contribution in [-0.4, -0.2) is 23.8 Å². The molecule has 0 amide bonds. The summed E-state index contributed by atoms with van der Waals surface area (Å²) in [4.78, 5) is 0. The number of aromatic nitrogens is 4. The Labute approximate surface area is 194 Å². The lowest BCUT2D eigenvalue weighted by Crippen LogP contribution is -2.33. The van der Waals surface area contributed by atoms with Gasteiger partial charge in [0.1, 0.15) is 0 Å². The Morgan fingerprint density at radius 1 is 0.700 bits per heavy atom. The van der Waals surface area contributed by atoms with Crippen molar-refractivity contribution in [3.8, 4) is 0 Å². The van der Waals surface area contributed by atoms with E-state index in [1.807, 2.05) is 9.36 Å². The lowest BCUT2D eigenvalue weighted by atomic mass is 9.87. The van der Waals surface area contributed by atoms with Gasteiger partial charge in [0.15, 0.2) is 6.17 Å². The first-order valence-corrected chi connectivity index (χ1v) is 11.5. The summed E-state index contributed by atoms with van der Waals surface area (Å²) < 4.78 is 4.65. The Morgan fingerprint density at radius 3 is 1.20 bits per heavy atom. The fraction of sp³-hybridized carbons (Fsp3) is 0.708. The van der Waals surface area contributed by atoms with Gasteiger partial charge in [0.25, 0.3) is 0 Å². The van der Waals surface area contributed by atoms with Crippen molar-refractivity contribution < 1.29 is 0 Å². The molecule has 0 N–H and O–H groups in total. The second-order valence-corrected chi connectivity index (χ2v) is 13.7. The fourth-order valence-electron chi connectivity index (χ4n) is 3.33. The quantitative estimate of drug-likeness (QED) is 0.426. The Bertz CT molecular complexity index is 852. The van der Waals surface area contributed by atoms with Gasteiger partial charge in [-0.1, -0.05) is 95.3 Å². The molecule has 0 fully saturated rings. The molecule has 0 aromatic carbocycles. The van der Waals surface area contributed by atoms with Crippen LogP contribution in [0.25, 0.3) is 0 Å². The van der Waals surface area contributed by atoms with Gasteiger partial charge in [-0.15, -0.1) is 12.6 Å². The summed E-state index contributed by atoms with van der Waals surface area (Å²) in [5.74, 6) is 0. The van der Waals surface area contributed by atoms with Crippen molar-refractivity contribution in [2.24, 2.45) is 0 Å². The van der Waals surface area contributed by atoms with Crippen LogP contribution in [0.15, 0.2) is 12.1 Å². The van der Waals surface area contributed by atoms with E-state index in [1.54, 1.807) is 0 Å². The molecule has 4 nitrogen and oxygen atoms in total. The Hall–Kier alpha value is -1.14. The van der Waals surface area contributed by atoms with Gasteiger partial charge < -0.3 is 0 Å². The summed E-state index contributed by atoms with van der Waals surface area (Å²) in [6.07, 6.45) is -0.376. The number of hydrogen-bond acceptors (Lipinski definition) is 3. The lowest BCUT2D eigenvalue weighted by Gasteiger charge is -2.29. The van der Waals surface area contributed by atoms with E-state index in [1.165, 1.54) is 0 Å². The zero-order chi connectivity index (χ0) is 23.4. The Balaban J connectivity index is 2.87. The minimum absolute atomic E-state index is 0.0679. The van der Waals surface area contributed by atoms with Gasteiger partial charge in [0.2, 0.25) is 0 Å². The molecule has 0 radical (unpaired) electrons. The highest BCUT2D eigenvalue weighted by Gasteiger charge is 2.35. The van der Waals surface area contributed by atoms with Gasteiger partial charge in [0, 0.05) is 33.0 Å². The van der Waals surface area contributed by atoms with Crippen LogP contribution in [0.4, 0.5) is 0 Å². The maximum absolute atomic E-state index is 5.69. The van der Waals surface area contributed by atoms with Crippen LogP contribution in [0.1, 0.15) is 112 Å². The number of rotatable bonds is 3. The Morgan fingerprint density at radius 2 is 1.00 bits per heavy atom. The van der Waals surface area contributed by atoms with E-state index in [9.17, 15) is 0 Å². The third-order valence-electron chi connectivity index (χ3n) is 5.23. The summed E-state index contributed by atoms with van der Waals surface area (Å²) in [6, 6.07) is 4.42. The van der Waals surface area contributed by atoms with Gasteiger partial charge in [-0.05, 0) is 12.1 Å². The van der Waals surface area contributed by atoms with Crippen molar-refractivity contribution in [1.29, 1.82) is 0 Å².